The van der Waals surface area contributed by atoms with Gasteiger partial charge in [0.1, 0.15) is 5.76 Å². The monoisotopic (exact) mass is 328 g/mol. The predicted octanol–water partition coefficient (Wildman–Crippen LogP) is 0.663. The number of hydrogen-bond acceptors (Lipinski definition) is 4. The second-order valence-electron chi connectivity index (χ2n) is 5.57. The van der Waals surface area contributed by atoms with Crippen LogP contribution in [-0.4, -0.2) is 40.3 Å². The highest BCUT2D eigenvalue weighted by atomic mass is 32.2. The molecule has 124 valence electrons. The first-order valence-electron chi connectivity index (χ1n) is 7.42. The average Bonchev–Trinajstić information content (AvgIpc) is 3.09. The largest absolute Gasteiger partial charge is 0.467 e. The molecule has 2 rings (SSSR count). The first-order chi connectivity index (χ1) is 10.5. The third-order valence-corrected chi connectivity index (χ3v) is 4.52. The lowest BCUT2D eigenvalue weighted by atomic mass is 10.1. The molecule has 1 saturated carbocycles. The zero-order valence-corrected chi connectivity index (χ0v) is 13.8. The smallest absolute Gasteiger partial charge is 0.208 e. The molecule has 1 aliphatic carbocycles. The van der Waals surface area contributed by atoms with E-state index < -0.39 is 10.0 Å². The molecule has 0 bridgehead atoms. The Labute approximate surface area is 131 Å². The lowest BCUT2D eigenvalue weighted by Crippen LogP contribution is -2.44. The van der Waals surface area contributed by atoms with Crippen molar-refractivity contribution in [1.82, 2.24) is 15.4 Å². The van der Waals surface area contributed by atoms with E-state index in [1.165, 1.54) is 6.26 Å². The third-order valence-electron chi connectivity index (χ3n) is 3.79. The van der Waals surface area contributed by atoms with E-state index in [1.807, 2.05) is 12.1 Å². The van der Waals surface area contributed by atoms with Crippen LogP contribution in [0.4, 0.5) is 0 Å². The Morgan fingerprint density at radius 3 is 2.86 bits per heavy atom. The van der Waals surface area contributed by atoms with Gasteiger partial charge in [-0.15, -0.1) is 0 Å². The van der Waals surface area contributed by atoms with Crippen LogP contribution in [0.3, 0.4) is 0 Å². The normalized spacial score (nSPS) is 22.7. The van der Waals surface area contributed by atoms with Crippen LogP contribution in [0, 0.1) is 5.92 Å². The molecule has 0 spiro atoms. The maximum absolute atomic E-state index is 11.4. The summed E-state index contributed by atoms with van der Waals surface area (Å²) in [4.78, 5) is 4.16. The van der Waals surface area contributed by atoms with E-state index in [0.29, 0.717) is 19.0 Å². The van der Waals surface area contributed by atoms with Crippen molar-refractivity contribution in [3.8, 4) is 0 Å². The lowest BCUT2D eigenvalue weighted by molar-refractivity contribution is 0.438. The average molecular weight is 328 g/mol. The van der Waals surface area contributed by atoms with E-state index in [0.717, 1.165) is 25.0 Å². The fraction of sp³-hybridized carbons (Fsp3) is 0.643. The van der Waals surface area contributed by atoms with Crippen LogP contribution in [0.5, 0.6) is 0 Å². The first kappa shape index (κ1) is 16.8. The van der Waals surface area contributed by atoms with Gasteiger partial charge in [-0.2, -0.15) is 0 Å². The number of sulfonamides is 1. The number of aliphatic imine (C=N–C) groups is 1. The van der Waals surface area contributed by atoms with E-state index in [1.54, 1.807) is 13.3 Å². The molecule has 3 N–H and O–H groups in total. The van der Waals surface area contributed by atoms with Crippen molar-refractivity contribution in [2.45, 2.75) is 31.8 Å². The molecule has 0 aromatic carbocycles. The highest BCUT2D eigenvalue weighted by molar-refractivity contribution is 7.88. The molecule has 7 nitrogen and oxygen atoms in total. The zero-order valence-electron chi connectivity index (χ0n) is 13.0. The number of furan rings is 1. The van der Waals surface area contributed by atoms with Gasteiger partial charge in [-0.1, -0.05) is 6.42 Å². The van der Waals surface area contributed by atoms with Crippen LogP contribution in [0.15, 0.2) is 27.8 Å². The summed E-state index contributed by atoms with van der Waals surface area (Å²) in [6, 6.07) is 3.74. The summed E-state index contributed by atoms with van der Waals surface area (Å²) in [5.74, 6) is 1.79. The van der Waals surface area contributed by atoms with Gasteiger partial charge < -0.3 is 15.1 Å². The maximum Gasteiger partial charge on any atom is 0.208 e. The van der Waals surface area contributed by atoms with E-state index >= 15 is 0 Å². The number of hydrogen-bond donors (Lipinski definition) is 3. The van der Waals surface area contributed by atoms with Crippen LogP contribution in [0.25, 0.3) is 0 Å². The highest BCUT2D eigenvalue weighted by Gasteiger charge is 2.29. The molecule has 1 heterocycles. The molecule has 22 heavy (non-hydrogen) atoms. The SMILES string of the molecule is CN=C(NCc1ccco1)NCC1CCCC1NS(C)(=O)=O. The Balaban J connectivity index is 1.79. The first-order valence-corrected chi connectivity index (χ1v) is 9.31. The van der Waals surface area contributed by atoms with Gasteiger partial charge in [0.2, 0.25) is 10.0 Å². The third kappa shape index (κ3) is 5.34. The van der Waals surface area contributed by atoms with Gasteiger partial charge in [0.05, 0.1) is 19.1 Å². The molecule has 0 saturated heterocycles. The number of nitrogens with zero attached hydrogens (tertiary/aromatic N) is 1. The number of guanidine groups is 1. The molecule has 1 aromatic rings. The van der Waals surface area contributed by atoms with Crippen LogP contribution in [-0.2, 0) is 16.6 Å². The van der Waals surface area contributed by atoms with Gasteiger partial charge >= 0.3 is 0 Å². The fourth-order valence-corrected chi connectivity index (χ4v) is 3.60. The lowest BCUT2D eigenvalue weighted by Gasteiger charge is -2.21. The Morgan fingerprint density at radius 2 is 2.23 bits per heavy atom. The molecule has 2 unspecified atom stereocenters. The van der Waals surface area contributed by atoms with Gasteiger partial charge in [0.25, 0.3) is 0 Å². The van der Waals surface area contributed by atoms with Crippen molar-refractivity contribution in [2.24, 2.45) is 10.9 Å². The summed E-state index contributed by atoms with van der Waals surface area (Å²) in [6.45, 7) is 1.24. The summed E-state index contributed by atoms with van der Waals surface area (Å²) >= 11 is 0. The summed E-state index contributed by atoms with van der Waals surface area (Å²) in [7, 11) is -1.45. The molecule has 8 heteroatoms. The van der Waals surface area contributed by atoms with Crippen molar-refractivity contribution in [1.29, 1.82) is 0 Å². The molecule has 2 atom stereocenters. The van der Waals surface area contributed by atoms with E-state index in [4.69, 9.17) is 4.42 Å². The van der Waals surface area contributed by atoms with E-state index in [9.17, 15) is 8.42 Å². The standard InChI is InChI=1S/C14H24N4O3S/c1-15-14(17-10-12-6-4-8-21-12)16-9-11-5-3-7-13(11)18-22(2,19)20/h4,6,8,11,13,18H,3,5,7,9-10H2,1-2H3,(H2,15,16,17). The van der Waals surface area contributed by atoms with E-state index in [2.05, 4.69) is 20.3 Å². The topological polar surface area (TPSA) is 95.7 Å². The van der Waals surface area contributed by atoms with Crippen LogP contribution < -0.4 is 15.4 Å². The van der Waals surface area contributed by atoms with Gasteiger partial charge in [0.15, 0.2) is 5.96 Å². The van der Waals surface area contributed by atoms with Gasteiger partial charge in [-0.25, -0.2) is 13.1 Å². The molecule has 1 fully saturated rings. The fourth-order valence-electron chi connectivity index (χ4n) is 2.74. The second kappa shape index (κ2) is 7.64. The Morgan fingerprint density at radius 1 is 1.41 bits per heavy atom. The minimum atomic E-state index is -3.16. The molecule has 0 radical (unpaired) electrons. The van der Waals surface area contributed by atoms with Gasteiger partial charge in [0, 0.05) is 19.6 Å². The van der Waals surface area contributed by atoms with Gasteiger partial charge in [-0.3, -0.25) is 4.99 Å². The molecule has 0 amide bonds. The van der Waals surface area contributed by atoms with Crippen LogP contribution in [0.2, 0.25) is 0 Å². The van der Waals surface area contributed by atoms with Gasteiger partial charge in [-0.05, 0) is 30.9 Å². The van der Waals surface area contributed by atoms with Crippen molar-refractivity contribution >= 4 is 16.0 Å². The van der Waals surface area contributed by atoms with Crippen LogP contribution in [0.1, 0.15) is 25.0 Å². The Hall–Kier alpha value is -1.54. The van der Waals surface area contributed by atoms with E-state index in [-0.39, 0.29) is 12.0 Å². The molecular formula is C14H24N4O3S. The molecule has 1 aliphatic rings. The van der Waals surface area contributed by atoms with Crippen molar-refractivity contribution in [3.63, 3.8) is 0 Å². The number of rotatable bonds is 6. The summed E-state index contributed by atoms with van der Waals surface area (Å²) < 4.78 is 30.7. The second-order valence-corrected chi connectivity index (χ2v) is 7.35. The number of nitrogens with one attached hydrogen (secondary N) is 3. The van der Waals surface area contributed by atoms with Crippen molar-refractivity contribution in [2.75, 3.05) is 19.8 Å². The zero-order chi connectivity index (χ0) is 16.0. The minimum absolute atomic E-state index is 0.00526. The quantitative estimate of drug-likeness (QED) is 0.527. The Bertz CT molecular complexity index is 583. The minimum Gasteiger partial charge on any atom is -0.467 e. The predicted molar refractivity (Wildman–Crippen MR) is 86.0 cm³/mol. The summed E-state index contributed by atoms with van der Waals surface area (Å²) in [6.07, 6.45) is 5.78. The van der Waals surface area contributed by atoms with Crippen molar-refractivity contribution < 1.29 is 12.8 Å². The summed E-state index contributed by atoms with van der Waals surface area (Å²) in [5, 5.41) is 6.42. The van der Waals surface area contributed by atoms with Crippen molar-refractivity contribution in [3.05, 3.63) is 24.2 Å². The summed E-state index contributed by atoms with van der Waals surface area (Å²) in [5.41, 5.74) is 0. The maximum atomic E-state index is 11.4. The molecule has 1 aromatic heterocycles. The highest BCUT2D eigenvalue weighted by Crippen LogP contribution is 2.25. The van der Waals surface area contributed by atoms with Crippen LogP contribution >= 0.6 is 0 Å². The molecular weight excluding hydrogens is 304 g/mol. The molecule has 0 aliphatic heterocycles. The Kier molecular flexibility index (Phi) is 5.84.